The van der Waals surface area contributed by atoms with Gasteiger partial charge < -0.3 is 19.8 Å². The van der Waals surface area contributed by atoms with E-state index in [0.717, 1.165) is 57.4 Å². The number of anilines is 1. The predicted octanol–water partition coefficient (Wildman–Crippen LogP) is 3.13. The maximum absolute atomic E-state index is 11.9. The summed E-state index contributed by atoms with van der Waals surface area (Å²) in [4.78, 5) is 21.3. The number of aliphatic hydroxyl groups is 1. The number of ether oxygens (including phenoxy) is 1. The van der Waals surface area contributed by atoms with Gasteiger partial charge in [-0.2, -0.15) is 0 Å². The molecule has 2 aromatic rings. The third kappa shape index (κ3) is 4.67. The Kier molecular flexibility index (Phi) is 6.73. The van der Waals surface area contributed by atoms with Crippen molar-refractivity contribution in [3.05, 3.63) is 42.0 Å². The molecule has 2 aliphatic heterocycles. The third-order valence-corrected chi connectivity index (χ3v) is 6.58. The first-order valence-electron chi connectivity index (χ1n) is 11.1. The smallest absolute Gasteiger partial charge is 0.339 e. The molecule has 1 aromatic carbocycles. The number of aliphatic hydroxyl groups excluding tert-OH is 1. The van der Waals surface area contributed by atoms with Gasteiger partial charge in [0.1, 0.15) is 17.1 Å². The molecule has 0 saturated carbocycles. The number of piperidine rings is 2. The molecule has 1 atom stereocenters. The van der Waals surface area contributed by atoms with Crippen molar-refractivity contribution in [2.24, 2.45) is 5.92 Å². The van der Waals surface area contributed by atoms with Crippen molar-refractivity contribution in [2.45, 2.75) is 31.7 Å². The fourth-order valence-corrected chi connectivity index (χ4v) is 4.88. The highest BCUT2D eigenvalue weighted by Crippen LogP contribution is 2.32. The third-order valence-electron chi connectivity index (χ3n) is 6.58. The molecule has 2 aliphatic rings. The predicted molar refractivity (Wildman–Crippen MR) is 120 cm³/mol. The van der Waals surface area contributed by atoms with Crippen LogP contribution in [0.1, 0.15) is 36.0 Å². The summed E-state index contributed by atoms with van der Waals surface area (Å²) in [7, 11) is 1.62. The van der Waals surface area contributed by atoms with E-state index in [2.05, 4.69) is 9.80 Å². The van der Waals surface area contributed by atoms with E-state index in [9.17, 15) is 15.0 Å². The fraction of sp³-hybridized carbons (Fsp3) is 0.500. The van der Waals surface area contributed by atoms with Gasteiger partial charge in [-0.1, -0.05) is 12.1 Å². The minimum atomic E-state index is -0.960. The number of methoxy groups -OCH3 is 1. The number of nitrogens with zero attached hydrogens (tertiary/aromatic N) is 3. The van der Waals surface area contributed by atoms with Gasteiger partial charge in [-0.3, -0.25) is 4.90 Å². The van der Waals surface area contributed by atoms with Crippen LogP contribution >= 0.6 is 0 Å². The Morgan fingerprint density at radius 1 is 1.13 bits per heavy atom. The lowest BCUT2D eigenvalue weighted by Crippen LogP contribution is -2.49. The molecular weight excluding hydrogens is 394 g/mol. The van der Waals surface area contributed by atoms with Gasteiger partial charge in [0.25, 0.3) is 0 Å². The number of carboxylic acid groups (broad SMARTS) is 1. The van der Waals surface area contributed by atoms with Crippen molar-refractivity contribution in [2.75, 3.05) is 44.8 Å². The monoisotopic (exact) mass is 425 g/mol. The van der Waals surface area contributed by atoms with Gasteiger partial charge in [0, 0.05) is 37.8 Å². The highest BCUT2D eigenvalue weighted by atomic mass is 16.5. The Balaban J connectivity index is 1.54. The van der Waals surface area contributed by atoms with Gasteiger partial charge in [0.05, 0.1) is 12.8 Å². The molecule has 2 fully saturated rings. The number of rotatable bonds is 6. The minimum Gasteiger partial charge on any atom is -0.496 e. The molecule has 166 valence electrons. The summed E-state index contributed by atoms with van der Waals surface area (Å²) in [5.74, 6) is 0.662. The highest BCUT2D eigenvalue weighted by Gasteiger charge is 2.30. The van der Waals surface area contributed by atoms with E-state index < -0.39 is 5.97 Å². The van der Waals surface area contributed by atoms with E-state index in [0.29, 0.717) is 29.2 Å². The lowest BCUT2D eigenvalue weighted by Gasteiger charge is -2.42. The van der Waals surface area contributed by atoms with Crippen LogP contribution in [0.25, 0.3) is 11.3 Å². The van der Waals surface area contributed by atoms with Crippen molar-refractivity contribution >= 4 is 11.8 Å². The number of carbonyl (C=O) groups is 1. The van der Waals surface area contributed by atoms with E-state index in [1.54, 1.807) is 19.2 Å². The second kappa shape index (κ2) is 9.66. The Morgan fingerprint density at radius 3 is 2.61 bits per heavy atom. The maximum atomic E-state index is 11.9. The van der Waals surface area contributed by atoms with E-state index >= 15 is 0 Å². The van der Waals surface area contributed by atoms with Crippen LogP contribution in [-0.2, 0) is 0 Å². The van der Waals surface area contributed by atoms with Crippen LogP contribution in [0.2, 0.25) is 0 Å². The molecule has 1 aromatic heterocycles. The molecule has 7 heteroatoms. The number of hydrogen-bond donors (Lipinski definition) is 2. The van der Waals surface area contributed by atoms with Crippen LogP contribution in [0.5, 0.6) is 5.75 Å². The molecule has 3 heterocycles. The van der Waals surface area contributed by atoms with Crippen molar-refractivity contribution < 1.29 is 19.7 Å². The number of aromatic nitrogens is 1. The number of hydrogen-bond acceptors (Lipinski definition) is 6. The summed E-state index contributed by atoms with van der Waals surface area (Å²) in [6, 6.07) is 11.5. The number of benzene rings is 1. The zero-order chi connectivity index (χ0) is 21.8. The SMILES string of the molecule is COc1ccccc1-c1ccc(C(=O)O)c(N2CCC(N3CCC[C@H](CO)C3)CC2)n1. The molecule has 0 spiro atoms. The summed E-state index contributed by atoms with van der Waals surface area (Å²) in [6.07, 6.45) is 4.18. The second-order valence-electron chi connectivity index (χ2n) is 8.48. The fourth-order valence-electron chi connectivity index (χ4n) is 4.88. The van der Waals surface area contributed by atoms with Gasteiger partial charge in [0.15, 0.2) is 0 Å². The molecule has 0 bridgehead atoms. The summed E-state index contributed by atoms with van der Waals surface area (Å²) in [6.45, 7) is 3.85. The first kappa shape index (κ1) is 21.6. The van der Waals surface area contributed by atoms with E-state index in [4.69, 9.17) is 9.72 Å². The summed E-state index contributed by atoms with van der Waals surface area (Å²) in [5, 5.41) is 19.3. The van der Waals surface area contributed by atoms with Crippen LogP contribution < -0.4 is 9.64 Å². The summed E-state index contributed by atoms with van der Waals surface area (Å²) in [5.41, 5.74) is 1.79. The molecule has 0 amide bonds. The van der Waals surface area contributed by atoms with Crippen LogP contribution in [0.15, 0.2) is 36.4 Å². The van der Waals surface area contributed by atoms with Crippen molar-refractivity contribution in [3.8, 4) is 17.0 Å². The first-order valence-corrected chi connectivity index (χ1v) is 11.1. The number of para-hydroxylation sites is 1. The lowest BCUT2D eigenvalue weighted by atomic mass is 9.94. The second-order valence-corrected chi connectivity index (χ2v) is 8.48. The molecule has 0 radical (unpaired) electrons. The first-order chi connectivity index (χ1) is 15.1. The maximum Gasteiger partial charge on any atom is 0.339 e. The number of pyridine rings is 1. The zero-order valence-corrected chi connectivity index (χ0v) is 18.0. The lowest BCUT2D eigenvalue weighted by molar-refractivity contribution is 0.0696. The molecule has 2 N–H and O–H groups in total. The van der Waals surface area contributed by atoms with Crippen LogP contribution in [-0.4, -0.2) is 72.0 Å². The molecule has 31 heavy (non-hydrogen) atoms. The highest BCUT2D eigenvalue weighted by molar-refractivity contribution is 5.94. The largest absolute Gasteiger partial charge is 0.496 e. The van der Waals surface area contributed by atoms with Crippen molar-refractivity contribution in [1.29, 1.82) is 0 Å². The number of carboxylic acids is 1. The molecule has 7 nitrogen and oxygen atoms in total. The average Bonchev–Trinajstić information content (AvgIpc) is 2.83. The topological polar surface area (TPSA) is 86.1 Å². The molecule has 2 saturated heterocycles. The van der Waals surface area contributed by atoms with Crippen LogP contribution in [0.3, 0.4) is 0 Å². The Hall–Kier alpha value is -2.64. The minimum absolute atomic E-state index is 0.232. The van der Waals surface area contributed by atoms with E-state index in [1.807, 2.05) is 24.3 Å². The Morgan fingerprint density at radius 2 is 1.90 bits per heavy atom. The molecular formula is C24H31N3O4. The Bertz CT molecular complexity index is 911. The van der Waals surface area contributed by atoms with Gasteiger partial charge in [0.2, 0.25) is 0 Å². The number of likely N-dealkylation sites (tertiary alicyclic amines) is 1. The van der Waals surface area contributed by atoms with Crippen molar-refractivity contribution in [1.82, 2.24) is 9.88 Å². The Labute approximate surface area is 183 Å². The van der Waals surface area contributed by atoms with Crippen molar-refractivity contribution in [3.63, 3.8) is 0 Å². The van der Waals surface area contributed by atoms with E-state index in [1.165, 1.54) is 0 Å². The molecule has 4 rings (SSSR count). The zero-order valence-electron chi connectivity index (χ0n) is 18.0. The van der Waals surface area contributed by atoms with Gasteiger partial charge in [-0.15, -0.1) is 0 Å². The van der Waals surface area contributed by atoms with Gasteiger partial charge in [-0.05, 0) is 62.4 Å². The quantitative estimate of drug-likeness (QED) is 0.735. The molecule has 0 aliphatic carbocycles. The van der Waals surface area contributed by atoms with Crippen LogP contribution in [0.4, 0.5) is 5.82 Å². The van der Waals surface area contributed by atoms with Gasteiger partial charge in [-0.25, -0.2) is 9.78 Å². The van der Waals surface area contributed by atoms with Gasteiger partial charge >= 0.3 is 5.97 Å². The van der Waals surface area contributed by atoms with Crippen LogP contribution in [0, 0.1) is 5.92 Å². The summed E-state index contributed by atoms with van der Waals surface area (Å²) < 4.78 is 5.47. The standard InChI is InChI=1S/C24H31N3O4/c1-31-22-7-3-2-6-19(22)21-9-8-20(24(29)30)23(25-21)26-13-10-18(11-14-26)27-12-4-5-17(15-27)16-28/h2-3,6-9,17-18,28H,4-5,10-16H2,1H3,(H,29,30)/t17-/m0/s1. The van der Waals surface area contributed by atoms with E-state index in [-0.39, 0.29) is 12.2 Å². The summed E-state index contributed by atoms with van der Waals surface area (Å²) >= 11 is 0. The number of aromatic carboxylic acids is 1. The average molecular weight is 426 g/mol. The normalized spacial score (nSPS) is 20.6. The molecule has 0 unspecified atom stereocenters.